The van der Waals surface area contributed by atoms with Crippen LogP contribution in [0.5, 0.6) is 0 Å². The van der Waals surface area contributed by atoms with Gasteiger partial charge in [0, 0.05) is 29.4 Å². The number of aryl methyl sites for hydroxylation is 1. The molecule has 0 amide bonds. The topological polar surface area (TPSA) is 104 Å². The largest absolute Gasteiger partial charge is 0.481 e. The third-order valence-electron chi connectivity index (χ3n) is 6.59. The number of aromatic amines is 1. The number of nitrogens with one attached hydrogen (secondary N) is 2. The van der Waals surface area contributed by atoms with E-state index in [1.54, 1.807) is 19.3 Å². The van der Waals surface area contributed by atoms with Gasteiger partial charge in [0.2, 0.25) is 0 Å². The van der Waals surface area contributed by atoms with Crippen LogP contribution in [0.1, 0.15) is 31.2 Å². The van der Waals surface area contributed by atoms with Gasteiger partial charge in [-0.25, -0.2) is 19.3 Å². The Kier molecular flexibility index (Phi) is 4.22. The van der Waals surface area contributed by atoms with Crippen LogP contribution in [0.25, 0.3) is 22.3 Å². The van der Waals surface area contributed by atoms with Gasteiger partial charge in [0.25, 0.3) is 0 Å². The van der Waals surface area contributed by atoms with Gasteiger partial charge in [-0.3, -0.25) is 4.79 Å². The first-order valence-corrected chi connectivity index (χ1v) is 9.97. The number of rotatable bonds is 4. The van der Waals surface area contributed by atoms with Crippen LogP contribution in [0, 0.1) is 30.5 Å². The fourth-order valence-electron chi connectivity index (χ4n) is 5.18. The van der Waals surface area contributed by atoms with Crippen LogP contribution in [0.4, 0.5) is 10.2 Å². The summed E-state index contributed by atoms with van der Waals surface area (Å²) in [6, 6.07) is 1.15. The molecule has 8 heteroatoms. The summed E-state index contributed by atoms with van der Waals surface area (Å²) in [5.74, 6) is -1.29. The summed E-state index contributed by atoms with van der Waals surface area (Å²) < 4.78 is 14.8. The summed E-state index contributed by atoms with van der Waals surface area (Å²) in [7, 11) is 0. The molecule has 3 aliphatic carbocycles. The van der Waals surface area contributed by atoms with E-state index < -0.39 is 17.7 Å². The van der Waals surface area contributed by atoms with Crippen LogP contribution in [0.3, 0.4) is 0 Å². The Balaban J connectivity index is 1.54. The maximum atomic E-state index is 14.8. The number of aliphatic carboxylic acids is 1. The lowest BCUT2D eigenvalue weighted by atomic mass is 9.61. The maximum absolute atomic E-state index is 14.8. The molecule has 150 valence electrons. The summed E-state index contributed by atoms with van der Waals surface area (Å²) in [5.41, 5.74) is 2.80. The average molecular weight is 395 g/mol. The van der Waals surface area contributed by atoms with Crippen LogP contribution in [0.2, 0.25) is 0 Å². The van der Waals surface area contributed by atoms with E-state index in [1.807, 2.05) is 0 Å². The minimum Gasteiger partial charge on any atom is -0.481 e. The van der Waals surface area contributed by atoms with Gasteiger partial charge in [-0.05, 0) is 56.1 Å². The number of anilines is 1. The van der Waals surface area contributed by atoms with E-state index in [0.717, 1.165) is 36.6 Å². The number of pyridine rings is 1. The zero-order valence-corrected chi connectivity index (χ0v) is 16.0. The number of carboxylic acids is 1. The predicted octanol–water partition coefficient (Wildman–Crippen LogP) is 3.77. The van der Waals surface area contributed by atoms with Crippen molar-refractivity contribution in [2.24, 2.45) is 17.8 Å². The average Bonchev–Trinajstić information content (AvgIpc) is 3.14. The number of carbonyl (C=O) groups is 1. The lowest BCUT2D eigenvalue weighted by Crippen LogP contribution is -2.51. The second-order valence-electron chi connectivity index (χ2n) is 8.18. The molecule has 3 heterocycles. The van der Waals surface area contributed by atoms with Crippen molar-refractivity contribution in [1.82, 2.24) is 19.9 Å². The number of halogens is 1. The number of aromatic nitrogens is 4. The highest BCUT2D eigenvalue weighted by atomic mass is 19.1. The number of hydrogen-bond acceptors (Lipinski definition) is 5. The highest BCUT2D eigenvalue weighted by Gasteiger charge is 2.47. The van der Waals surface area contributed by atoms with E-state index >= 15 is 0 Å². The van der Waals surface area contributed by atoms with E-state index in [2.05, 4.69) is 25.3 Å². The highest BCUT2D eigenvalue weighted by molar-refractivity contribution is 5.92. The fourth-order valence-corrected chi connectivity index (χ4v) is 5.18. The standard InChI is InChI=1S/C21H22FN5O2/c1-10-6-15(22)20(26-17(10)13-8-24-19-14(13)7-23-9-25-19)27-18-12-4-2-11(3-5-12)16(18)21(28)29/h6-9,11-12,16,18H,2-5H2,1H3,(H,26,27)(H,28,29)(H,23,24,25)/t11?,12?,16-,18-/m0/s1. The van der Waals surface area contributed by atoms with E-state index in [9.17, 15) is 14.3 Å². The van der Waals surface area contributed by atoms with E-state index in [-0.39, 0.29) is 23.7 Å². The second kappa shape index (κ2) is 6.79. The molecule has 29 heavy (non-hydrogen) atoms. The maximum Gasteiger partial charge on any atom is 0.308 e. The Morgan fingerprint density at radius 2 is 2.03 bits per heavy atom. The number of fused-ring (bicyclic) bond motifs is 4. The smallest absolute Gasteiger partial charge is 0.308 e. The Bertz CT molecular complexity index is 1090. The molecule has 6 rings (SSSR count). The highest BCUT2D eigenvalue weighted by Crippen LogP contribution is 2.46. The summed E-state index contributed by atoms with van der Waals surface area (Å²) in [6.07, 6.45) is 8.78. The van der Waals surface area contributed by atoms with Gasteiger partial charge < -0.3 is 15.4 Å². The first-order chi connectivity index (χ1) is 14.0. The molecule has 0 radical (unpaired) electrons. The van der Waals surface area contributed by atoms with Gasteiger partial charge in [0.15, 0.2) is 11.6 Å². The molecule has 0 unspecified atom stereocenters. The molecule has 7 nitrogen and oxygen atoms in total. The van der Waals surface area contributed by atoms with Crippen LogP contribution < -0.4 is 5.32 Å². The second-order valence-corrected chi connectivity index (χ2v) is 8.18. The molecule has 3 N–H and O–H groups in total. The molecule has 2 atom stereocenters. The summed E-state index contributed by atoms with van der Waals surface area (Å²) >= 11 is 0. The van der Waals surface area contributed by atoms with E-state index in [1.165, 1.54) is 12.4 Å². The van der Waals surface area contributed by atoms with Crippen LogP contribution in [-0.2, 0) is 4.79 Å². The van der Waals surface area contributed by atoms with Crippen LogP contribution in [0.15, 0.2) is 24.8 Å². The molecule has 3 aliphatic rings. The summed E-state index contributed by atoms with van der Waals surface area (Å²) in [4.78, 5) is 27.9. The molecule has 3 aromatic heterocycles. The number of carboxylic acid groups (broad SMARTS) is 1. The Morgan fingerprint density at radius 1 is 1.28 bits per heavy atom. The SMILES string of the molecule is Cc1cc(F)c(N[C@H]2C3CCC(CC3)[C@@H]2C(=O)O)nc1-c1c[nH]c2ncncc12. The van der Waals surface area contributed by atoms with Gasteiger partial charge >= 0.3 is 5.97 Å². The molecule has 0 spiro atoms. The minimum absolute atomic E-state index is 0.112. The lowest BCUT2D eigenvalue weighted by molar-refractivity contribution is -0.148. The number of H-pyrrole nitrogens is 1. The quantitative estimate of drug-likeness (QED) is 0.621. The zero-order valence-electron chi connectivity index (χ0n) is 16.0. The fraction of sp³-hybridized carbons (Fsp3) is 0.429. The van der Waals surface area contributed by atoms with Crippen LogP contribution in [-0.4, -0.2) is 37.1 Å². The summed E-state index contributed by atoms with van der Waals surface area (Å²) in [5, 5.41) is 13.8. The number of nitrogens with zero attached hydrogens (tertiary/aromatic N) is 3. The number of hydrogen-bond donors (Lipinski definition) is 3. The molecule has 2 bridgehead atoms. The van der Waals surface area contributed by atoms with Crippen molar-refractivity contribution >= 4 is 22.8 Å². The Morgan fingerprint density at radius 3 is 2.79 bits per heavy atom. The van der Waals surface area contributed by atoms with E-state index in [4.69, 9.17) is 0 Å². The first-order valence-electron chi connectivity index (χ1n) is 9.97. The van der Waals surface area contributed by atoms with Gasteiger partial charge in [-0.15, -0.1) is 0 Å². The Hall–Kier alpha value is -3.03. The molecule has 0 saturated heterocycles. The molecule has 0 aromatic carbocycles. The molecular weight excluding hydrogens is 373 g/mol. The third kappa shape index (κ3) is 2.94. The third-order valence-corrected chi connectivity index (χ3v) is 6.59. The molecule has 3 saturated carbocycles. The zero-order chi connectivity index (χ0) is 20.1. The van der Waals surface area contributed by atoms with Crippen molar-refractivity contribution in [1.29, 1.82) is 0 Å². The monoisotopic (exact) mass is 395 g/mol. The minimum atomic E-state index is -0.807. The van der Waals surface area contributed by atoms with Gasteiger partial charge in [-0.1, -0.05) is 0 Å². The van der Waals surface area contributed by atoms with E-state index in [0.29, 0.717) is 16.9 Å². The van der Waals surface area contributed by atoms with Gasteiger partial charge in [0.1, 0.15) is 12.0 Å². The van der Waals surface area contributed by atoms with Gasteiger partial charge in [0.05, 0.1) is 11.6 Å². The van der Waals surface area contributed by atoms with Crippen molar-refractivity contribution in [2.75, 3.05) is 5.32 Å². The summed E-state index contributed by atoms with van der Waals surface area (Å²) in [6.45, 7) is 1.81. The Labute approximate surface area is 166 Å². The van der Waals surface area contributed by atoms with Crippen molar-refractivity contribution in [3.8, 4) is 11.3 Å². The van der Waals surface area contributed by atoms with Gasteiger partial charge in [-0.2, -0.15) is 0 Å². The normalized spacial score (nSPS) is 26.0. The molecular formula is C21H22FN5O2. The van der Waals surface area contributed by atoms with Crippen molar-refractivity contribution < 1.29 is 14.3 Å². The lowest BCUT2D eigenvalue weighted by Gasteiger charge is -2.47. The molecule has 3 aromatic rings. The van der Waals surface area contributed by atoms with Crippen molar-refractivity contribution in [3.63, 3.8) is 0 Å². The van der Waals surface area contributed by atoms with Crippen molar-refractivity contribution in [3.05, 3.63) is 36.2 Å². The molecule has 3 fully saturated rings. The van der Waals surface area contributed by atoms with Crippen LogP contribution >= 0.6 is 0 Å². The van der Waals surface area contributed by atoms with Crippen molar-refractivity contribution in [2.45, 2.75) is 38.6 Å². The molecule has 0 aliphatic heterocycles. The first kappa shape index (κ1) is 18.0. The predicted molar refractivity (Wildman–Crippen MR) is 106 cm³/mol.